The molecule has 0 unspecified atom stereocenters. The van der Waals surface area contributed by atoms with Crippen molar-refractivity contribution in [2.75, 3.05) is 25.2 Å². The van der Waals surface area contributed by atoms with Gasteiger partial charge in [0.05, 0.1) is 5.92 Å². The molecular weight excluding hydrogens is 368 g/mol. The van der Waals surface area contributed by atoms with Crippen molar-refractivity contribution in [3.63, 3.8) is 0 Å². The second kappa shape index (κ2) is 7.83. The van der Waals surface area contributed by atoms with Gasteiger partial charge in [0.1, 0.15) is 0 Å². The Morgan fingerprint density at radius 3 is 3.04 bits per heavy atom. The number of benzene rings is 1. The highest BCUT2D eigenvalue weighted by Crippen LogP contribution is 2.32. The summed E-state index contributed by atoms with van der Waals surface area (Å²) in [5.41, 5.74) is 0.933. The zero-order chi connectivity index (χ0) is 18.6. The molecule has 9 heteroatoms. The first kappa shape index (κ1) is 17.6. The summed E-state index contributed by atoms with van der Waals surface area (Å²) in [6, 6.07) is 5.43. The van der Waals surface area contributed by atoms with Crippen LogP contribution in [0.1, 0.15) is 18.4 Å². The van der Waals surface area contributed by atoms with Gasteiger partial charge in [-0.1, -0.05) is 6.07 Å². The molecule has 1 aromatic heterocycles. The van der Waals surface area contributed by atoms with Crippen molar-refractivity contribution in [3.8, 4) is 11.5 Å². The molecule has 27 heavy (non-hydrogen) atoms. The van der Waals surface area contributed by atoms with E-state index in [1.165, 1.54) is 11.3 Å². The largest absolute Gasteiger partial charge is 0.454 e. The van der Waals surface area contributed by atoms with E-state index in [2.05, 4.69) is 15.6 Å². The second-order valence-corrected chi connectivity index (χ2v) is 7.35. The number of nitrogens with one attached hydrogen (secondary N) is 2. The molecule has 2 aliphatic rings. The fourth-order valence-corrected chi connectivity index (χ4v) is 3.74. The fraction of sp³-hybridized carbons (Fsp3) is 0.389. The van der Waals surface area contributed by atoms with Crippen LogP contribution in [0.4, 0.5) is 9.93 Å². The van der Waals surface area contributed by atoms with E-state index in [1.54, 1.807) is 11.1 Å². The third-order valence-electron chi connectivity index (χ3n) is 4.62. The number of aromatic nitrogens is 1. The molecule has 0 spiro atoms. The van der Waals surface area contributed by atoms with E-state index in [9.17, 15) is 9.59 Å². The number of fused-ring (bicyclic) bond motifs is 1. The summed E-state index contributed by atoms with van der Waals surface area (Å²) in [5, 5.41) is 8.13. The highest BCUT2D eigenvalue weighted by atomic mass is 32.1. The number of anilines is 1. The number of amides is 3. The molecule has 0 bridgehead atoms. The number of thiazole rings is 1. The van der Waals surface area contributed by atoms with E-state index < -0.39 is 0 Å². The maximum atomic E-state index is 12.5. The van der Waals surface area contributed by atoms with Crippen LogP contribution in [0.15, 0.2) is 29.8 Å². The first-order valence-corrected chi connectivity index (χ1v) is 9.68. The highest BCUT2D eigenvalue weighted by Gasteiger charge is 2.28. The Morgan fingerprint density at radius 1 is 1.30 bits per heavy atom. The molecule has 3 amide bonds. The van der Waals surface area contributed by atoms with E-state index in [0.717, 1.165) is 24.2 Å². The molecule has 2 aliphatic heterocycles. The van der Waals surface area contributed by atoms with Gasteiger partial charge in [-0.25, -0.2) is 9.78 Å². The van der Waals surface area contributed by atoms with E-state index in [4.69, 9.17) is 9.47 Å². The molecule has 1 fully saturated rings. The van der Waals surface area contributed by atoms with Crippen LogP contribution in [-0.4, -0.2) is 41.7 Å². The Balaban J connectivity index is 1.30. The number of carbonyl (C=O) groups is 2. The minimum Gasteiger partial charge on any atom is -0.454 e. The first-order valence-electron chi connectivity index (χ1n) is 8.81. The van der Waals surface area contributed by atoms with Gasteiger partial charge >= 0.3 is 6.03 Å². The van der Waals surface area contributed by atoms with Crippen molar-refractivity contribution in [2.45, 2.75) is 19.4 Å². The van der Waals surface area contributed by atoms with E-state index in [0.29, 0.717) is 30.5 Å². The lowest BCUT2D eigenvalue weighted by Crippen LogP contribution is -2.47. The van der Waals surface area contributed by atoms with Crippen LogP contribution in [0.3, 0.4) is 0 Å². The number of piperidine rings is 1. The molecule has 1 aromatic carbocycles. The zero-order valence-corrected chi connectivity index (χ0v) is 15.5. The van der Waals surface area contributed by atoms with Gasteiger partial charge < -0.3 is 25.0 Å². The van der Waals surface area contributed by atoms with Crippen molar-refractivity contribution in [3.05, 3.63) is 35.3 Å². The predicted octanol–water partition coefficient (Wildman–Crippen LogP) is 2.43. The third kappa shape index (κ3) is 4.13. The summed E-state index contributed by atoms with van der Waals surface area (Å²) in [6.07, 6.45) is 3.22. The number of nitrogens with zero attached hydrogens (tertiary/aromatic N) is 2. The SMILES string of the molecule is O=C(Nc1nccs1)[C@H]1CCCN(C(=O)NCc2ccc3c(c2)OCO3)C1. The summed E-state index contributed by atoms with van der Waals surface area (Å²) in [4.78, 5) is 30.7. The van der Waals surface area contributed by atoms with Gasteiger partial charge in [0, 0.05) is 31.2 Å². The summed E-state index contributed by atoms with van der Waals surface area (Å²) in [5.74, 6) is 1.10. The smallest absolute Gasteiger partial charge is 0.317 e. The minimum absolute atomic E-state index is 0.0850. The second-order valence-electron chi connectivity index (χ2n) is 6.46. The van der Waals surface area contributed by atoms with Gasteiger partial charge in [-0.3, -0.25) is 4.79 Å². The average Bonchev–Trinajstić information content (AvgIpc) is 3.37. The van der Waals surface area contributed by atoms with Gasteiger partial charge in [-0.15, -0.1) is 11.3 Å². The Hall–Kier alpha value is -2.81. The van der Waals surface area contributed by atoms with Gasteiger partial charge in [-0.2, -0.15) is 0 Å². The number of urea groups is 1. The molecule has 142 valence electrons. The van der Waals surface area contributed by atoms with Gasteiger partial charge in [0.25, 0.3) is 0 Å². The number of likely N-dealkylation sites (tertiary alicyclic amines) is 1. The van der Waals surface area contributed by atoms with E-state index in [1.807, 2.05) is 23.6 Å². The van der Waals surface area contributed by atoms with Gasteiger partial charge in [0.15, 0.2) is 16.6 Å². The van der Waals surface area contributed by atoms with E-state index >= 15 is 0 Å². The summed E-state index contributed by atoms with van der Waals surface area (Å²) < 4.78 is 10.6. The monoisotopic (exact) mass is 388 g/mol. The van der Waals surface area contributed by atoms with Crippen LogP contribution in [0.25, 0.3) is 0 Å². The molecule has 1 atom stereocenters. The molecule has 0 saturated carbocycles. The molecule has 0 radical (unpaired) electrons. The highest BCUT2D eigenvalue weighted by molar-refractivity contribution is 7.13. The molecule has 4 rings (SSSR count). The van der Waals surface area contributed by atoms with Crippen LogP contribution < -0.4 is 20.1 Å². The molecule has 2 N–H and O–H groups in total. The number of carbonyl (C=O) groups excluding carboxylic acids is 2. The van der Waals surface area contributed by atoms with Crippen LogP contribution in [0.2, 0.25) is 0 Å². The molecule has 2 aromatic rings. The van der Waals surface area contributed by atoms with Crippen LogP contribution in [0.5, 0.6) is 11.5 Å². The normalized spacial score (nSPS) is 18.2. The third-order valence-corrected chi connectivity index (χ3v) is 5.31. The number of ether oxygens (including phenoxy) is 2. The van der Waals surface area contributed by atoms with Gasteiger partial charge in [-0.05, 0) is 30.5 Å². The summed E-state index contributed by atoms with van der Waals surface area (Å²) in [6.45, 7) is 1.67. The van der Waals surface area contributed by atoms with Crippen molar-refractivity contribution in [2.24, 2.45) is 5.92 Å². The maximum absolute atomic E-state index is 12.5. The van der Waals surface area contributed by atoms with Crippen molar-refractivity contribution in [1.29, 1.82) is 0 Å². The van der Waals surface area contributed by atoms with Crippen molar-refractivity contribution in [1.82, 2.24) is 15.2 Å². The van der Waals surface area contributed by atoms with Crippen LogP contribution in [0, 0.1) is 5.92 Å². The Kier molecular flexibility index (Phi) is 5.10. The predicted molar refractivity (Wildman–Crippen MR) is 99.8 cm³/mol. The summed E-state index contributed by atoms with van der Waals surface area (Å²) >= 11 is 1.38. The van der Waals surface area contributed by atoms with Crippen LogP contribution >= 0.6 is 11.3 Å². The number of hydrogen-bond donors (Lipinski definition) is 2. The summed E-state index contributed by atoms with van der Waals surface area (Å²) in [7, 11) is 0. The Morgan fingerprint density at radius 2 is 2.19 bits per heavy atom. The van der Waals surface area contributed by atoms with Crippen LogP contribution in [-0.2, 0) is 11.3 Å². The van der Waals surface area contributed by atoms with Gasteiger partial charge in [0.2, 0.25) is 12.7 Å². The minimum atomic E-state index is -0.223. The molecule has 8 nitrogen and oxygen atoms in total. The molecule has 0 aliphatic carbocycles. The Labute approximate surface area is 160 Å². The van der Waals surface area contributed by atoms with E-state index in [-0.39, 0.29) is 24.6 Å². The lowest BCUT2D eigenvalue weighted by atomic mass is 9.97. The number of rotatable bonds is 4. The molecule has 1 saturated heterocycles. The molecular formula is C18H20N4O4S. The number of hydrogen-bond acceptors (Lipinski definition) is 6. The fourth-order valence-electron chi connectivity index (χ4n) is 3.21. The standard InChI is InChI=1S/C18H20N4O4S/c23-16(21-17-19-5-7-27-17)13-2-1-6-22(10-13)18(24)20-9-12-3-4-14-15(8-12)26-11-25-14/h3-5,7-8,13H,1-2,6,9-11H2,(H,20,24)(H,19,21,23)/t13-/m0/s1. The average molecular weight is 388 g/mol. The lowest BCUT2D eigenvalue weighted by Gasteiger charge is -2.31. The topological polar surface area (TPSA) is 92.8 Å². The quantitative estimate of drug-likeness (QED) is 0.839. The first-order chi connectivity index (χ1) is 13.2. The lowest BCUT2D eigenvalue weighted by molar-refractivity contribution is -0.121. The zero-order valence-electron chi connectivity index (χ0n) is 14.6. The van der Waals surface area contributed by atoms with Crippen molar-refractivity contribution < 1.29 is 19.1 Å². The Bertz CT molecular complexity index is 827. The van der Waals surface area contributed by atoms with Crippen molar-refractivity contribution >= 4 is 28.4 Å². The molecule has 3 heterocycles. The maximum Gasteiger partial charge on any atom is 0.317 e.